The van der Waals surface area contributed by atoms with Gasteiger partial charge in [0.2, 0.25) is 0 Å². The first-order valence-electron chi connectivity index (χ1n) is 6.24. The molecule has 0 aliphatic carbocycles. The maximum atomic E-state index is 11.4. The highest BCUT2D eigenvalue weighted by molar-refractivity contribution is 6.36. The lowest BCUT2D eigenvalue weighted by Crippen LogP contribution is -2.13. The molecule has 0 saturated carbocycles. The minimum Gasteiger partial charge on any atom is -0.478 e. The van der Waals surface area contributed by atoms with Gasteiger partial charge in [0.15, 0.2) is 0 Å². The maximum absolute atomic E-state index is 11.4. The van der Waals surface area contributed by atoms with E-state index >= 15 is 0 Å². The normalized spacial score (nSPS) is 14.2. The molecule has 0 saturated heterocycles. The molecular weight excluding hydrogens is 264 g/mol. The number of rotatable bonds is 2. The van der Waals surface area contributed by atoms with Crippen molar-refractivity contribution in [1.29, 1.82) is 0 Å². The van der Waals surface area contributed by atoms with Crippen LogP contribution >= 0.6 is 11.6 Å². The second kappa shape index (κ2) is 4.70. The van der Waals surface area contributed by atoms with Gasteiger partial charge in [-0.1, -0.05) is 11.6 Å². The number of carboxylic acid groups (broad SMARTS) is 1. The van der Waals surface area contributed by atoms with E-state index in [2.05, 4.69) is 4.98 Å². The molecule has 3 heterocycles. The van der Waals surface area contributed by atoms with E-state index in [1.54, 1.807) is 12.4 Å². The lowest BCUT2D eigenvalue weighted by atomic mass is 10.1. The Morgan fingerprint density at radius 3 is 2.95 bits per heavy atom. The third kappa shape index (κ3) is 1.92. The summed E-state index contributed by atoms with van der Waals surface area (Å²) in [4.78, 5) is 15.5. The van der Waals surface area contributed by atoms with Gasteiger partial charge in [0.05, 0.1) is 16.3 Å². The minimum atomic E-state index is -0.953. The van der Waals surface area contributed by atoms with Crippen LogP contribution in [0.15, 0.2) is 24.5 Å². The van der Waals surface area contributed by atoms with Crippen LogP contribution in [0, 0.1) is 0 Å². The fraction of sp³-hybridized carbons (Fsp3) is 0.286. The van der Waals surface area contributed by atoms with Gasteiger partial charge in [-0.2, -0.15) is 0 Å². The summed E-state index contributed by atoms with van der Waals surface area (Å²) in [6, 6.07) is 3.73. The largest absolute Gasteiger partial charge is 0.478 e. The first kappa shape index (κ1) is 12.2. The van der Waals surface area contributed by atoms with Crippen LogP contribution in [0.5, 0.6) is 0 Å². The van der Waals surface area contributed by atoms with Gasteiger partial charge < -0.3 is 9.67 Å². The monoisotopic (exact) mass is 276 g/mol. The number of hydrogen-bond donors (Lipinski definition) is 1. The first-order chi connectivity index (χ1) is 9.20. The molecule has 0 unspecified atom stereocenters. The third-order valence-corrected chi connectivity index (χ3v) is 3.87. The Labute approximate surface area is 115 Å². The van der Waals surface area contributed by atoms with Crippen molar-refractivity contribution in [3.63, 3.8) is 0 Å². The first-order valence-corrected chi connectivity index (χ1v) is 6.62. The number of halogens is 1. The lowest BCUT2D eigenvalue weighted by molar-refractivity contribution is 0.0695. The molecule has 0 fully saturated rings. The average molecular weight is 277 g/mol. The van der Waals surface area contributed by atoms with Crippen molar-refractivity contribution in [1.82, 2.24) is 9.55 Å². The molecule has 98 valence electrons. The van der Waals surface area contributed by atoms with Crippen LogP contribution in [-0.2, 0) is 13.0 Å². The number of pyridine rings is 1. The summed E-state index contributed by atoms with van der Waals surface area (Å²) < 4.78 is 2.03. The van der Waals surface area contributed by atoms with E-state index in [-0.39, 0.29) is 5.56 Å². The van der Waals surface area contributed by atoms with E-state index in [0.29, 0.717) is 5.02 Å². The van der Waals surface area contributed by atoms with Gasteiger partial charge in [0.25, 0.3) is 0 Å². The molecule has 1 N–H and O–H groups in total. The topological polar surface area (TPSA) is 55.1 Å². The van der Waals surface area contributed by atoms with Crippen LogP contribution < -0.4 is 0 Å². The highest BCUT2D eigenvalue weighted by atomic mass is 35.5. The quantitative estimate of drug-likeness (QED) is 0.916. The van der Waals surface area contributed by atoms with Crippen LogP contribution in [0.2, 0.25) is 5.02 Å². The fourth-order valence-corrected chi connectivity index (χ4v) is 3.11. The highest BCUT2D eigenvalue weighted by Crippen LogP contribution is 2.38. The molecule has 0 radical (unpaired) electrons. The number of nitrogens with zero attached hydrogens (tertiary/aromatic N) is 2. The molecule has 19 heavy (non-hydrogen) atoms. The molecular formula is C14H13ClN2O2. The number of aromatic carboxylic acids is 1. The Balaban J connectivity index is 2.28. The van der Waals surface area contributed by atoms with Gasteiger partial charge in [-0.3, -0.25) is 4.98 Å². The van der Waals surface area contributed by atoms with Gasteiger partial charge in [0.1, 0.15) is 0 Å². The van der Waals surface area contributed by atoms with Gasteiger partial charge in [-0.05, 0) is 31.4 Å². The van der Waals surface area contributed by atoms with E-state index < -0.39 is 5.97 Å². The zero-order valence-electron chi connectivity index (χ0n) is 10.3. The van der Waals surface area contributed by atoms with E-state index in [1.807, 2.05) is 16.7 Å². The molecule has 0 atom stereocenters. The second-order valence-electron chi connectivity index (χ2n) is 4.64. The predicted molar refractivity (Wildman–Crippen MR) is 72.6 cm³/mol. The van der Waals surface area contributed by atoms with E-state index in [4.69, 9.17) is 11.6 Å². The summed E-state index contributed by atoms with van der Waals surface area (Å²) in [5.41, 5.74) is 2.73. The van der Waals surface area contributed by atoms with E-state index in [1.165, 1.54) is 0 Å². The average Bonchev–Trinajstić information content (AvgIpc) is 2.71. The van der Waals surface area contributed by atoms with Crippen molar-refractivity contribution < 1.29 is 9.90 Å². The van der Waals surface area contributed by atoms with Gasteiger partial charge in [-0.25, -0.2) is 4.79 Å². The Bertz CT molecular complexity index is 635. The van der Waals surface area contributed by atoms with Crippen LogP contribution in [0.1, 0.15) is 28.9 Å². The summed E-state index contributed by atoms with van der Waals surface area (Å²) in [6.45, 7) is 0.812. The SMILES string of the molecule is O=C(O)c1c(Cl)c(-c2cccnc2)n2c1CCCC2. The van der Waals surface area contributed by atoms with Gasteiger partial charge >= 0.3 is 5.97 Å². The zero-order valence-corrected chi connectivity index (χ0v) is 11.0. The summed E-state index contributed by atoms with van der Waals surface area (Å²) in [7, 11) is 0. The molecule has 4 nitrogen and oxygen atoms in total. The molecule has 1 aliphatic rings. The molecule has 0 amide bonds. The Morgan fingerprint density at radius 2 is 2.26 bits per heavy atom. The maximum Gasteiger partial charge on any atom is 0.339 e. The van der Waals surface area contributed by atoms with Crippen molar-refractivity contribution >= 4 is 17.6 Å². The van der Waals surface area contributed by atoms with Crippen molar-refractivity contribution in [3.05, 3.63) is 40.8 Å². The number of carbonyl (C=O) groups is 1. The van der Waals surface area contributed by atoms with E-state index in [0.717, 1.165) is 42.8 Å². The molecule has 1 aliphatic heterocycles. The van der Waals surface area contributed by atoms with Crippen molar-refractivity contribution in [3.8, 4) is 11.3 Å². The molecule has 5 heteroatoms. The fourth-order valence-electron chi connectivity index (χ4n) is 2.71. The molecule has 0 spiro atoms. The van der Waals surface area contributed by atoms with Crippen molar-refractivity contribution in [2.24, 2.45) is 0 Å². The third-order valence-electron chi connectivity index (χ3n) is 3.51. The lowest BCUT2D eigenvalue weighted by Gasteiger charge is -2.18. The van der Waals surface area contributed by atoms with Crippen molar-refractivity contribution in [2.45, 2.75) is 25.8 Å². The summed E-state index contributed by atoms with van der Waals surface area (Å²) >= 11 is 6.32. The predicted octanol–water partition coefficient (Wildman–Crippen LogP) is 3.24. The summed E-state index contributed by atoms with van der Waals surface area (Å²) in [6.07, 6.45) is 6.23. The van der Waals surface area contributed by atoms with Crippen LogP contribution in [0.3, 0.4) is 0 Å². The zero-order chi connectivity index (χ0) is 13.4. The molecule has 2 aromatic rings. The Hall–Kier alpha value is -1.81. The summed E-state index contributed by atoms with van der Waals surface area (Å²) in [5.74, 6) is -0.953. The highest BCUT2D eigenvalue weighted by Gasteiger charge is 2.28. The smallest absolute Gasteiger partial charge is 0.339 e. The van der Waals surface area contributed by atoms with Crippen LogP contribution in [0.4, 0.5) is 0 Å². The van der Waals surface area contributed by atoms with E-state index in [9.17, 15) is 9.90 Å². The van der Waals surface area contributed by atoms with Crippen LogP contribution in [-0.4, -0.2) is 20.6 Å². The number of fused-ring (bicyclic) bond motifs is 1. The van der Waals surface area contributed by atoms with Gasteiger partial charge in [-0.15, -0.1) is 0 Å². The number of aromatic nitrogens is 2. The van der Waals surface area contributed by atoms with Gasteiger partial charge in [0, 0.05) is 30.2 Å². The Morgan fingerprint density at radius 1 is 1.42 bits per heavy atom. The number of carboxylic acids is 1. The number of hydrogen-bond acceptors (Lipinski definition) is 2. The standard InChI is InChI=1S/C14H13ClN2O2/c15-12-11(14(18)19)10-5-1-2-7-17(10)13(12)9-4-3-6-16-8-9/h3-4,6,8H,1-2,5,7H2,(H,18,19). The molecule has 2 aromatic heterocycles. The molecule has 0 aromatic carbocycles. The second-order valence-corrected chi connectivity index (χ2v) is 5.02. The summed E-state index contributed by atoms with van der Waals surface area (Å²) in [5, 5.41) is 9.70. The van der Waals surface area contributed by atoms with Crippen LogP contribution in [0.25, 0.3) is 11.3 Å². The molecule has 0 bridgehead atoms. The van der Waals surface area contributed by atoms with Crippen molar-refractivity contribution in [2.75, 3.05) is 0 Å². The Kier molecular flexibility index (Phi) is 3.03. The molecule has 3 rings (SSSR count). The minimum absolute atomic E-state index is 0.250.